The lowest BCUT2D eigenvalue weighted by atomic mass is 10.1. The van der Waals surface area contributed by atoms with Crippen molar-refractivity contribution in [2.75, 3.05) is 26.4 Å². The van der Waals surface area contributed by atoms with E-state index in [2.05, 4.69) is 13.2 Å². The Hall–Kier alpha value is -6.28. The normalized spacial score (nSPS) is 11.7. The first-order valence-electron chi connectivity index (χ1n) is 16.5. The van der Waals surface area contributed by atoms with E-state index >= 15 is 0 Å². The lowest BCUT2D eigenvalue weighted by molar-refractivity contribution is -0.147. The van der Waals surface area contributed by atoms with Crippen LogP contribution < -0.4 is 18.9 Å². The molecular weight excluding hydrogens is 644 g/mol. The zero-order valence-corrected chi connectivity index (χ0v) is 28.4. The van der Waals surface area contributed by atoms with Crippen molar-refractivity contribution in [2.24, 2.45) is 0 Å². The number of rotatable bonds is 18. The molecule has 0 aliphatic rings. The molecule has 0 fully saturated rings. The number of carbonyl (C=O) groups excluding carboxylic acids is 2. The molecule has 8 heteroatoms. The van der Waals surface area contributed by atoms with E-state index in [4.69, 9.17) is 28.4 Å². The van der Waals surface area contributed by atoms with E-state index in [0.717, 1.165) is 40.0 Å². The summed E-state index contributed by atoms with van der Waals surface area (Å²) in [7, 11) is 0. The van der Waals surface area contributed by atoms with Crippen LogP contribution in [0.15, 0.2) is 153 Å². The van der Waals surface area contributed by atoms with Crippen LogP contribution in [-0.2, 0) is 19.1 Å². The van der Waals surface area contributed by atoms with Crippen LogP contribution in [0.3, 0.4) is 0 Å². The van der Waals surface area contributed by atoms with Crippen molar-refractivity contribution >= 4 is 11.9 Å². The number of ether oxygens (including phenoxy) is 6. The smallest absolute Gasteiger partial charge is 0.330 e. The Kier molecular flexibility index (Phi) is 13.0. The number of benzene rings is 5. The first-order valence-corrected chi connectivity index (χ1v) is 16.5. The summed E-state index contributed by atoms with van der Waals surface area (Å²) in [6.45, 7) is 8.92. The Labute approximate surface area is 298 Å². The summed E-state index contributed by atoms with van der Waals surface area (Å²) < 4.78 is 35.9. The fourth-order valence-electron chi connectivity index (χ4n) is 5.13. The standard InChI is InChI=1S/C43H40O8/c1-4-42(44)50-34(27-46-38-22-14-12-20-36(38)32-16-8-6-9-17-32)29-48-40-25-24-31(3)26-41(40)49-30-35(51-43(45)5-2)28-47-39-23-15-13-21-37(39)33-18-10-7-11-19-33/h4-26,34-35H,1-2,27-30H2,3H3. The summed E-state index contributed by atoms with van der Waals surface area (Å²) in [5.41, 5.74) is 4.71. The van der Waals surface area contributed by atoms with Gasteiger partial charge in [-0.15, -0.1) is 0 Å². The highest BCUT2D eigenvalue weighted by Crippen LogP contribution is 2.32. The molecule has 0 amide bonds. The molecule has 0 saturated carbocycles. The summed E-state index contributed by atoms with van der Waals surface area (Å²) in [6, 6.07) is 40.5. The summed E-state index contributed by atoms with van der Waals surface area (Å²) in [6.07, 6.45) is 0.618. The predicted molar refractivity (Wildman–Crippen MR) is 197 cm³/mol. The van der Waals surface area contributed by atoms with Gasteiger partial charge in [-0.3, -0.25) is 0 Å². The molecule has 5 aromatic rings. The molecule has 260 valence electrons. The fourth-order valence-corrected chi connectivity index (χ4v) is 5.13. The van der Waals surface area contributed by atoms with Crippen LogP contribution in [0.2, 0.25) is 0 Å². The molecule has 0 bridgehead atoms. The summed E-state index contributed by atoms with van der Waals surface area (Å²) >= 11 is 0. The molecule has 51 heavy (non-hydrogen) atoms. The van der Waals surface area contributed by atoms with Gasteiger partial charge in [0, 0.05) is 23.3 Å². The van der Waals surface area contributed by atoms with Gasteiger partial charge in [0.2, 0.25) is 0 Å². The maximum absolute atomic E-state index is 12.3. The van der Waals surface area contributed by atoms with Gasteiger partial charge in [0.05, 0.1) is 0 Å². The lowest BCUT2D eigenvalue weighted by Gasteiger charge is -2.22. The van der Waals surface area contributed by atoms with Crippen molar-refractivity contribution in [3.8, 4) is 45.3 Å². The minimum atomic E-state index is -0.785. The van der Waals surface area contributed by atoms with Crippen LogP contribution in [0, 0.1) is 6.92 Å². The molecule has 2 atom stereocenters. The van der Waals surface area contributed by atoms with Crippen molar-refractivity contribution < 1.29 is 38.0 Å². The van der Waals surface area contributed by atoms with E-state index in [0.29, 0.717) is 23.0 Å². The molecule has 8 nitrogen and oxygen atoms in total. The average molecular weight is 685 g/mol. The molecule has 0 spiro atoms. The zero-order chi connectivity index (χ0) is 35.8. The summed E-state index contributed by atoms with van der Waals surface area (Å²) in [5.74, 6) is 0.861. The molecule has 5 aromatic carbocycles. The van der Waals surface area contributed by atoms with E-state index in [1.54, 1.807) is 6.07 Å². The highest BCUT2D eigenvalue weighted by Gasteiger charge is 2.21. The third-order valence-corrected chi connectivity index (χ3v) is 7.64. The van der Waals surface area contributed by atoms with Gasteiger partial charge in [-0.25, -0.2) is 9.59 Å². The van der Waals surface area contributed by atoms with Crippen LogP contribution in [0.1, 0.15) is 5.56 Å². The third-order valence-electron chi connectivity index (χ3n) is 7.64. The molecule has 0 heterocycles. The highest BCUT2D eigenvalue weighted by atomic mass is 16.6. The second-order valence-corrected chi connectivity index (χ2v) is 11.4. The van der Waals surface area contributed by atoms with Crippen molar-refractivity contribution in [3.05, 3.63) is 158 Å². The highest BCUT2D eigenvalue weighted by molar-refractivity contribution is 5.81. The Morgan fingerprint density at radius 2 is 0.902 bits per heavy atom. The van der Waals surface area contributed by atoms with E-state index in [-0.39, 0.29) is 26.4 Å². The predicted octanol–water partition coefficient (Wildman–Crippen LogP) is 8.44. The maximum atomic E-state index is 12.3. The third kappa shape index (κ3) is 10.6. The second-order valence-electron chi connectivity index (χ2n) is 11.4. The molecule has 0 aliphatic carbocycles. The molecule has 2 unspecified atom stereocenters. The fraction of sp³-hybridized carbons (Fsp3) is 0.163. The van der Waals surface area contributed by atoms with Gasteiger partial charge >= 0.3 is 11.9 Å². The molecule has 0 radical (unpaired) electrons. The van der Waals surface area contributed by atoms with Gasteiger partial charge in [0.1, 0.15) is 37.9 Å². The van der Waals surface area contributed by atoms with Crippen molar-refractivity contribution in [3.63, 3.8) is 0 Å². The topological polar surface area (TPSA) is 89.5 Å². The second kappa shape index (κ2) is 18.5. The minimum Gasteiger partial charge on any atom is -0.489 e. The molecule has 0 aromatic heterocycles. The maximum Gasteiger partial charge on any atom is 0.330 e. The number of aryl methyl sites for hydroxylation is 1. The van der Waals surface area contributed by atoms with Crippen molar-refractivity contribution in [1.29, 1.82) is 0 Å². The SMILES string of the molecule is C=CC(=O)OC(COc1ccc(C)cc1OCC(COc1ccccc1-c1ccccc1)OC(=O)C=C)COc1ccccc1-c1ccccc1. The number of para-hydroxylation sites is 2. The molecular formula is C43H40O8. The largest absolute Gasteiger partial charge is 0.489 e. The van der Waals surface area contributed by atoms with Crippen LogP contribution >= 0.6 is 0 Å². The number of carbonyl (C=O) groups is 2. The Bertz CT molecular complexity index is 1900. The van der Waals surface area contributed by atoms with Crippen LogP contribution in [0.5, 0.6) is 23.0 Å². The first kappa shape index (κ1) is 36.0. The monoisotopic (exact) mass is 684 g/mol. The van der Waals surface area contributed by atoms with E-state index in [9.17, 15) is 9.59 Å². The summed E-state index contributed by atoms with van der Waals surface area (Å²) in [4.78, 5) is 24.5. The van der Waals surface area contributed by atoms with E-state index < -0.39 is 24.1 Å². The Balaban J connectivity index is 1.27. The molecule has 0 N–H and O–H groups in total. The summed E-state index contributed by atoms with van der Waals surface area (Å²) in [5, 5.41) is 0. The van der Waals surface area contributed by atoms with Crippen molar-refractivity contribution in [1.82, 2.24) is 0 Å². The van der Waals surface area contributed by atoms with Gasteiger partial charge in [-0.1, -0.05) is 116 Å². The molecule has 5 rings (SSSR count). The quantitative estimate of drug-likeness (QED) is 0.0671. The van der Waals surface area contributed by atoms with E-state index in [1.807, 2.05) is 128 Å². The Morgan fingerprint density at radius 1 is 0.510 bits per heavy atom. The average Bonchev–Trinajstić information content (AvgIpc) is 3.18. The Morgan fingerprint density at radius 3 is 1.35 bits per heavy atom. The van der Waals surface area contributed by atoms with Gasteiger partial charge in [-0.2, -0.15) is 0 Å². The van der Waals surface area contributed by atoms with Crippen LogP contribution in [0.25, 0.3) is 22.3 Å². The molecule has 0 saturated heterocycles. The van der Waals surface area contributed by atoms with Crippen LogP contribution in [0.4, 0.5) is 0 Å². The van der Waals surface area contributed by atoms with Gasteiger partial charge < -0.3 is 28.4 Å². The number of hydrogen-bond donors (Lipinski definition) is 0. The van der Waals surface area contributed by atoms with Crippen molar-refractivity contribution in [2.45, 2.75) is 19.1 Å². The number of hydrogen-bond acceptors (Lipinski definition) is 8. The minimum absolute atomic E-state index is 0.0206. The van der Waals surface area contributed by atoms with Crippen LogP contribution in [-0.4, -0.2) is 50.6 Å². The van der Waals surface area contributed by atoms with Gasteiger partial charge in [0.25, 0.3) is 0 Å². The number of esters is 2. The zero-order valence-electron chi connectivity index (χ0n) is 28.4. The first-order chi connectivity index (χ1) is 24.9. The van der Waals surface area contributed by atoms with Gasteiger partial charge in [-0.05, 0) is 47.9 Å². The van der Waals surface area contributed by atoms with E-state index in [1.165, 1.54) is 0 Å². The molecule has 0 aliphatic heterocycles. The lowest BCUT2D eigenvalue weighted by Crippen LogP contribution is -2.31. The van der Waals surface area contributed by atoms with Gasteiger partial charge in [0.15, 0.2) is 23.7 Å².